The van der Waals surface area contributed by atoms with E-state index >= 15 is 0 Å². The van der Waals surface area contributed by atoms with Gasteiger partial charge < -0.3 is 9.84 Å². The molecule has 2 heteroatoms. The third-order valence-corrected chi connectivity index (χ3v) is 3.17. The van der Waals surface area contributed by atoms with Crippen molar-refractivity contribution in [3.05, 3.63) is 64.2 Å². The highest BCUT2D eigenvalue weighted by Gasteiger charge is 2.06. The molecule has 0 amide bonds. The number of aliphatic hydroxyl groups is 1. The molecule has 2 rings (SSSR count). The summed E-state index contributed by atoms with van der Waals surface area (Å²) in [6.45, 7) is 6.74. The molecular weight excluding hydrogens is 236 g/mol. The first-order valence-electron chi connectivity index (χ1n) is 6.49. The molecule has 0 aliphatic rings. The van der Waals surface area contributed by atoms with E-state index < -0.39 is 0 Å². The molecule has 0 heterocycles. The summed E-state index contributed by atoms with van der Waals surface area (Å²) in [7, 11) is 0. The predicted molar refractivity (Wildman–Crippen MR) is 77.3 cm³/mol. The maximum absolute atomic E-state index is 9.17. The number of aryl methyl sites for hydroxylation is 3. The molecule has 0 spiro atoms. The minimum Gasteiger partial charge on any atom is -0.488 e. The van der Waals surface area contributed by atoms with Crippen LogP contribution < -0.4 is 4.74 Å². The average molecular weight is 256 g/mol. The van der Waals surface area contributed by atoms with E-state index in [4.69, 9.17) is 4.74 Å². The molecule has 0 radical (unpaired) electrons. The van der Waals surface area contributed by atoms with Crippen molar-refractivity contribution in [2.24, 2.45) is 0 Å². The Morgan fingerprint density at radius 3 is 2.21 bits per heavy atom. The molecule has 0 atom stereocenters. The van der Waals surface area contributed by atoms with Crippen LogP contribution in [0.25, 0.3) is 0 Å². The first-order valence-corrected chi connectivity index (χ1v) is 6.49. The molecule has 2 aromatic carbocycles. The Morgan fingerprint density at radius 1 is 0.947 bits per heavy atom. The van der Waals surface area contributed by atoms with Crippen molar-refractivity contribution in [1.82, 2.24) is 0 Å². The minimum absolute atomic E-state index is 0.0693. The summed E-state index contributed by atoms with van der Waals surface area (Å²) >= 11 is 0. The highest BCUT2D eigenvalue weighted by atomic mass is 16.5. The molecule has 100 valence electrons. The van der Waals surface area contributed by atoms with E-state index in [9.17, 15) is 5.11 Å². The van der Waals surface area contributed by atoms with E-state index in [1.54, 1.807) is 0 Å². The second kappa shape index (κ2) is 5.89. The fourth-order valence-electron chi connectivity index (χ4n) is 2.32. The van der Waals surface area contributed by atoms with E-state index in [2.05, 4.69) is 25.1 Å². The van der Waals surface area contributed by atoms with Crippen LogP contribution in [0.1, 0.15) is 27.8 Å². The zero-order valence-corrected chi connectivity index (χ0v) is 11.7. The van der Waals surface area contributed by atoms with Gasteiger partial charge in [0.1, 0.15) is 12.4 Å². The van der Waals surface area contributed by atoms with Crippen LogP contribution in [0.15, 0.2) is 36.4 Å². The van der Waals surface area contributed by atoms with E-state index in [0.717, 1.165) is 22.4 Å². The second-order valence-electron chi connectivity index (χ2n) is 4.99. The number of aliphatic hydroxyl groups excluding tert-OH is 1. The van der Waals surface area contributed by atoms with E-state index in [0.29, 0.717) is 6.61 Å². The summed E-state index contributed by atoms with van der Waals surface area (Å²) in [5.74, 6) is 0.915. The van der Waals surface area contributed by atoms with Gasteiger partial charge in [0.2, 0.25) is 0 Å². The molecule has 19 heavy (non-hydrogen) atoms. The SMILES string of the molecule is Cc1cccc(COc2c(C)cc(CO)cc2C)c1. The van der Waals surface area contributed by atoms with Gasteiger partial charge in [-0.3, -0.25) is 0 Å². The van der Waals surface area contributed by atoms with Crippen molar-refractivity contribution in [3.8, 4) is 5.75 Å². The molecule has 0 bridgehead atoms. The van der Waals surface area contributed by atoms with Crippen LogP contribution in [0, 0.1) is 20.8 Å². The molecule has 2 nitrogen and oxygen atoms in total. The van der Waals surface area contributed by atoms with Gasteiger partial charge in [-0.25, -0.2) is 0 Å². The third kappa shape index (κ3) is 3.36. The average Bonchev–Trinajstić information content (AvgIpc) is 2.37. The van der Waals surface area contributed by atoms with Gasteiger partial charge >= 0.3 is 0 Å². The smallest absolute Gasteiger partial charge is 0.125 e. The van der Waals surface area contributed by atoms with Crippen molar-refractivity contribution in [2.75, 3.05) is 0 Å². The molecule has 0 aliphatic carbocycles. The van der Waals surface area contributed by atoms with Crippen LogP contribution in [0.5, 0.6) is 5.75 Å². The van der Waals surface area contributed by atoms with Crippen molar-refractivity contribution in [1.29, 1.82) is 0 Å². The highest BCUT2D eigenvalue weighted by Crippen LogP contribution is 2.25. The van der Waals surface area contributed by atoms with Crippen molar-refractivity contribution < 1.29 is 9.84 Å². The first kappa shape index (κ1) is 13.6. The maximum Gasteiger partial charge on any atom is 0.125 e. The van der Waals surface area contributed by atoms with Crippen LogP contribution in [-0.2, 0) is 13.2 Å². The monoisotopic (exact) mass is 256 g/mol. The summed E-state index contributed by atoms with van der Waals surface area (Å²) in [4.78, 5) is 0. The van der Waals surface area contributed by atoms with Crippen molar-refractivity contribution in [2.45, 2.75) is 34.0 Å². The number of rotatable bonds is 4. The largest absolute Gasteiger partial charge is 0.488 e. The van der Waals surface area contributed by atoms with Crippen LogP contribution in [0.2, 0.25) is 0 Å². The van der Waals surface area contributed by atoms with Crippen molar-refractivity contribution >= 4 is 0 Å². The fourth-order valence-corrected chi connectivity index (χ4v) is 2.32. The van der Waals surface area contributed by atoms with Crippen LogP contribution in [-0.4, -0.2) is 5.11 Å². The van der Waals surface area contributed by atoms with Gasteiger partial charge in [0.25, 0.3) is 0 Å². The van der Waals surface area contributed by atoms with Gasteiger partial charge in [0.05, 0.1) is 6.61 Å². The lowest BCUT2D eigenvalue weighted by Crippen LogP contribution is -2.00. The lowest BCUT2D eigenvalue weighted by atomic mass is 10.1. The Hall–Kier alpha value is -1.80. The molecule has 0 fully saturated rings. The van der Waals surface area contributed by atoms with Crippen LogP contribution in [0.4, 0.5) is 0 Å². The standard InChI is InChI=1S/C17H20O2/c1-12-5-4-6-15(7-12)11-19-17-13(2)8-16(10-18)9-14(17)3/h4-9,18H,10-11H2,1-3H3. The Morgan fingerprint density at radius 2 is 1.63 bits per heavy atom. The summed E-state index contributed by atoms with van der Waals surface area (Å²) in [5.41, 5.74) is 5.47. The van der Waals surface area contributed by atoms with Crippen LogP contribution >= 0.6 is 0 Å². The minimum atomic E-state index is 0.0693. The van der Waals surface area contributed by atoms with Crippen LogP contribution in [0.3, 0.4) is 0 Å². The topological polar surface area (TPSA) is 29.5 Å². The Bertz CT molecular complexity index is 550. The number of hydrogen-bond donors (Lipinski definition) is 1. The molecule has 0 aliphatic heterocycles. The zero-order valence-electron chi connectivity index (χ0n) is 11.7. The molecule has 0 aromatic heterocycles. The maximum atomic E-state index is 9.17. The molecule has 0 saturated carbocycles. The number of hydrogen-bond acceptors (Lipinski definition) is 2. The summed E-state index contributed by atoms with van der Waals surface area (Å²) in [6, 6.07) is 12.3. The third-order valence-electron chi connectivity index (χ3n) is 3.17. The first-order chi connectivity index (χ1) is 9.10. The summed E-state index contributed by atoms with van der Waals surface area (Å²) < 4.78 is 5.93. The Kier molecular flexibility index (Phi) is 4.23. The molecule has 0 saturated heterocycles. The Balaban J connectivity index is 2.16. The zero-order chi connectivity index (χ0) is 13.8. The van der Waals surface area contributed by atoms with Crippen molar-refractivity contribution in [3.63, 3.8) is 0 Å². The lowest BCUT2D eigenvalue weighted by molar-refractivity contribution is 0.280. The highest BCUT2D eigenvalue weighted by molar-refractivity contribution is 5.43. The van der Waals surface area contributed by atoms with Gasteiger partial charge in [0.15, 0.2) is 0 Å². The van der Waals surface area contributed by atoms with E-state index in [-0.39, 0.29) is 6.61 Å². The normalized spacial score (nSPS) is 10.5. The van der Waals surface area contributed by atoms with Gasteiger partial charge in [-0.2, -0.15) is 0 Å². The predicted octanol–water partition coefficient (Wildman–Crippen LogP) is 3.68. The molecular formula is C17H20O2. The van der Waals surface area contributed by atoms with E-state index in [1.165, 1.54) is 11.1 Å². The van der Waals surface area contributed by atoms with Gasteiger partial charge in [0, 0.05) is 0 Å². The summed E-state index contributed by atoms with van der Waals surface area (Å²) in [5, 5.41) is 9.17. The van der Waals surface area contributed by atoms with E-state index in [1.807, 2.05) is 32.0 Å². The lowest BCUT2D eigenvalue weighted by Gasteiger charge is -2.14. The number of ether oxygens (including phenoxy) is 1. The van der Waals surface area contributed by atoms with Gasteiger partial charge in [-0.05, 0) is 43.0 Å². The Labute approximate surface area is 114 Å². The molecule has 2 aromatic rings. The quantitative estimate of drug-likeness (QED) is 0.904. The molecule has 1 N–H and O–H groups in total. The van der Waals surface area contributed by atoms with Gasteiger partial charge in [-0.1, -0.05) is 42.0 Å². The molecule has 0 unspecified atom stereocenters. The second-order valence-corrected chi connectivity index (χ2v) is 4.99. The van der Waals surface area contributed by atoms with Gasteiger partial charge in [-0.15, -0.1) is 0 Å². The summed E-state index contributed by atoms with van der Waals surface area (Å²) in [6.07, 6.45) is 0. The fraction of sp³-hybridized carbons (Fsp3) is 0.294. The number of benzene rings is 2.